The Kier molecular flexibility index (Phi) is 8.10. The molecular formula is C23H26Cl2N8O. The molecule has 5 rings (SSSR count). The fraction of sp³-hybridized carbons (Fsp3) is 0.348. The third-order valence-electron chi connectivity index (χ3n) is 6.08. The predicted molar refractivity (Wildman–Crippen MR) is 134 cm³/mol. The molecule has 2 aliphatic rings. The number of hydrazone groups is 1. The number of nitrogens with zero attached hydrogens (tertiary/aromatic N) is 5. The molecule has 0 atom stereocenters. The third kappa shape index (κ3) is 6.11. The Bertz CT molecular complexity index is 1130. The molecule has 5 N–H and O–H groups in total. The van der Waals surface area contributed by atoms with Crippen LogP contribution in [0.2, 0.25) is 10.3 Å². The summed E-state index contributed by atoms with van der Waals surface area (Å²) in [5, 5.41) is 29.9. The largest absolute Gasteiger partial charge is 0.508 e. The number of aromatic nitrogens is 4. The molecule has 0 bridgehead atoms. The maximum Gasteiger partial charge on any atom is 0.169 e. The SMILES string of the molecule is NNc1cc(C2CCC2)c(Cl)nn1.Oc1ccc(C=NNc2cc(C3CCC3)c(Cl)nn2)cc1. The number of benzene rings is 1. The first-order chi connectivity index (χ1) is 16.5. The number of rotatable bonds is 6. The van der Waals surface area contributed by atoms with Crippen LogP contribution in [0.4, 0.5) is 11.6 Å². The molecule has 0 amide bonds. The number of anilines is 2. The van der Waals surface area contributed by atoms with Crippen LogP contribution in [0, 0.1) is 0 Å². The normalized spacial score (nSPS) is 15.7. The standard InChI is InChI=1S/C15H15ClN4O.C8H11ClN4/c16-15-13(11-2-1-3-11)8-14(19-20-15)18-17-9-10-4-6-12(21)7-5-10;9-8-6(5-2-1-3-5)4-7(11-10)12-13-8/h4-9,11,21H,1-3H2,(H,18,19);4-5H,1-3,10H2,(H,11,12). The topological polar surface area (TPSA) is 134 Å². The summed E-state index contributed by atoms with van der Waals surface area (Å²) >= 11 is 12.0. The Morgan fingerprint density at radius 1 is 0.853 bits per heavy atom. The minimum Gasteiger partial charge on any atom is -0.508 e. The molecule has 11 heteroatoms. The summed E-state index contributed by atoms with van der Waals surface area (Å²) in [5.74, 6) is 7.66. The molecule has 2 aliphatic carbocycles. The highest BCUT2D eigenvalue weighted by atomic mass is 35.5. The average Bonchev–Trinajstić information content (AvgIpc) is 2.77. The number of nitrogens with two attached hydrogens (primary N) is 1. The summed E-state index contributed by atoms with van der Waals surface area (Å²) < 4.78 is 0. The van der Waals surface area contributed by atoms with E-state index in [4.69, 9.17) is 29.0 Å². The summed E-state index contributed by atoms with van der Waals surface area (Å²) in [6.07, 6.45) is 8.85. The number of aromatic hydroxyl groups is 1. The van der Waals surface area contributed by atoms with Gasteiger partial charge >= 0.3 is 0 Å². The van der Waals surface area contributed by atoms with E-state index >= 15 is 0 Å². The van der Waals surface area contributed by atoms with Crippen molar-refractivity contribution in [2.75, 3.05) is 10.9 Å². The van der Waals surface area contributed by atoms with Crippen molar-refractivity contribution in [2.45, 2.75) is 50.4 Å². The zero-order chi connectivity index (χ0) is 23.9. The quantitative estimate of drug-likeness (QED) is 0.205. The van der Waals surface area contributed by atoms with E-state index in [0.717, 1.165) is 29.5 Å². The lowest BCUT2D eigenvalue weighted by atomic mass is 9.81. The van der Waals surface area contributed by atoms with Gasteiger partial charge in [-0.25, -0.2) is 5.84 Å². The zero-order valence-corrected chi connectivity index (χ0v) is 20.0. The van der Waals surface area contributed by atoms with E-state index in [-0.39, 0.29) is 5.75 Å². The molecule has 34 heavy (non-hydrogen) atoms. The van der Waals surface area contributed by atoms with E-state index in [1.165, 1.54) is 25.7 Å². The molecule has 9 nitrogen and oxygen atoms in total. The Balaban J connectivity index is 0.000000180. The number of phenolic OH excluding ortho intramolecular Hbond substituents is 1. The fourth-order valence-corrected chi connectivity index (χ4v) is 4.15. The molecule has 2 saturated carbocycles. The number of hydrogen-bond donors (Lipinski definition) is 4. The molecule has 178 valence electrons. The summed E-state index contributed by atoms with van der Waals surface area (Å²) in [4.78, 5) is 0. The van der Waals surface area contributed by atoms with Gasteiger partial charge in [-0.3, -0.25) is 5.43 Å². The van der Waals surface area contributed by atoms with Crippen molar-refractivity contribution in [2.24, 2.45) is 10.9 Å². The van der Waals surface area contributed by atoms with Crippen LogP contribution in [0.1, 0.15) is 67.1 Å². The highest BCUT2D eigenvalue weighted by molar-refractivity contribution is 6.30. The Labute approximate surface area is 207 Å². The lowest BCUT2D eigenvalue weighted by Crippen LogP contribution is -2.14. The van der Waals surface area contributed by atoms with Crippen molar-refractivity contribution in [1.29, 1.82) is 0 Å². The van der Waals surface area contributed by atoms with Crippen molar-refractivity contribution in [3.63, 3.8) is 0 Å². The molecule has 3 aromatic rings. The zero-order valence-electron chi connectivity index (χ0n) is 18.5. The monoisotopic (exact) mass is 500 g/mol. The Morgan fingerprint density at radius 3 is 1.88 bits per heavy atom. The first-order valence-electron chi connectivity index (χ1n) is 11.1. The van der Waals surface area contributed by atoms with Gasteiger partial charge in [0.15, 0.2) is 21.9 Å². The van der Waals surface area contributed by atoms with E-state index < -0.39 is 0 Å². The minimum absolute atomic E-state index is 0.230. The van der Waals surface area contributed by atoms with Gasteiger partial charge in [0.05, 0.1) is 6.21 Å². The molecule has 2 aromatic heterocycles. The molecule has 0 saturated heterocycles. The van der Waals surface area contributed by atoms with Crippen LogP contribution in [-0.4, -0.2) is 31.7 Å². The van der Waals surface area contributed by atoms with E-state index in [0.29, 0.717) is 33.8 Å². The number of nitrogens with one attached hydrogen (secondary N) is 2. The lowest BCUT2D eigenvalue weighted by molar-refractivity contribution is 0.418. The van der Waals surface area contributed by atoms with Gasteiger partial charge in [-0.15, -0.1) is 20.4 Å². The second-order valence-electron chi connectivity index (χ2n) is 8.31. The van der Waals surface area contributed by atoms with E-state index in [1.54, 1.807) is 30.5 Å². The molecule has 1 aromatic carbocycles. The first kappa shape index (κ1) is 24.1. The minimum atomic E-state index is 0.230. The van der Waals surface area contributed by atoms with Crippen LogP contribution >= 0.6 is 23.2 Å². The second-order valence-corrected chi connectivity index (χ2v) is 9.03. The summed E-state index contributed by atoms with van der Waals surface area (Å²) in [7, 11) is 0. The van der Waals surface area contributed by atoms with Crippen LogP contribution in [0.25, 0.3) is 0 Å². The fourth-order valence-electron chi connectivity index (χ4n) is 3.65. The van der Waals surface area contributed by atoms with E-state index in [2.05, 4.69) is 36.3 Å². The van der Waals surface area contributed by atoms with E-state index in [1.807, 2.05) is 12.1 Å². The number of halogens is 2. The summed E-state index contributed by atoms with van der Waals surface area (Å²) in [6.45, 7) is 0. The van der Waals surface area contributed by atoms with Crippen LogP contribution in [-0.2, 0) is 0 Å². The van der Waals surface area contributed by atoms with Crippen LogP contribution in [0.5, 0.6) is 5.75 Å². The third-order valence-corrected chi connectivity index (χ3v) is 6.66. The highest BCUT2D eigenvalue weighted by Crippen LogP contribution is 2.40. The molecular weight excluding hydrogens is 475 g/mol. The number of nitrogen functional groups attached to an aromatic ring is 1. The molecule has 0 radical (unpaired) electrons. The van der Waals surface area contributed by atoms with Gasteiger partial charge in [0, 0.05) is 0 Å². The first-order valence-corrected chi connectivity index (χ1v) is 11.9. The van der Waals surface area contributed by atoms with Gasteiger partial charge in [-0.2, -0.15) is 5.10 Å². The van der Waals surface area contributed by atoms with Crippen molar-refractivity contribution < 1.29 is 5.11 Å². The number of phenols is 1. The van der Waals surface area contributed by atoms with Gasteiger partial charge in [0.25, 0.3) is 0 Å². The van der Waals surface area contributed by atoms with Crippen molar-refractivity contribution in [3.8, 4) is 5.75 Å². The van der Waals surface area contributed by atoms with Gasteiger partial charge < -0.3 is 10.5 Å². The smallest absolute Gasteiger partial charge is 0.169 e. The van der Waals surface area contributed by atoms with Crippen LogP contribution in [0.15, 0.2) is 41.5 Å². The Hall–Kier alpha value is -3.01. The van der Waals surface area contributed by atoms with Gasteiger partial charge in [-0.05, 0) is 90.6 Å². The average molecular weight is 501 g/mol. The molecule has 0 spiro atoms. The summed E-state index contributed by atoms with van der Waals surface area (Å²) in [6, 6.07) is 10.5. The van der Waals surface area contributed by atoms with Crippen molar-refractivity contribution in [3.05, 3.63) is 63.4 Å². The van der Waals surface area contributed by atoms with Crippen LogP contribution < -0.4 is 16.7 Å². The summed E-state index contributed by atoms with van der Waals surface area (Å²) in [5.41, 5.74) is 8.30. The highest BCUT2D eigenvalue weighted by Gasteiger charge is 2.24. The number of hydrogen-bond acceptors (Lipinski definition) is 9. The van der Waals surface area contributed by atoms with Crippen molar-refractivity contribution >= 4 is 41.1 Å². The molecule has 2 fully saturated rings. The van der Waals surface area contributed by atoms with Crippen molar-refractivity contribution in [1.82, 2.24) is 20.4 Å². The maximum absolute atomic E-state index is 9.21. The van der Waals surface area contributed by atoms with Crippen LogP contribution in [0.3, 0.4) is 0 Å². The van der Waals surface area contributed by atoms with E-state index in [9.17, 15) is 5.11 Å². The lowest BCUT2D eigenvalue weighted by Gasteiger charge is -2.26. The Morgan fingerprint density at radius 2 is 1.38 bits per heavy atom. The van der Waals surface area contributed by atoms with Gasteiger partial charge in [-0.1, -0.05) is 36.0 Å². The molecule has 0 aliphatic heterocycles. The molecule has 2 heterocycles. The number of hydrazine groups is 1. The maximum atomic E-state index is 9.21. The van der Waals surface area contributed by atoms with Gasteiger partial charge in [0.2, 0.25) is 0 Å². The predicted octanol–water partition coefficient (Wildman–Crippen LogP) is 5.23. The second kappa shape index (κ2) is 11.4. The van der Waals surface area contributed by atoms with Gasteiger partial charge in [0.1, 0.15) is 5.75 Å². The molecule has 0 unspecified atom stereocenters.